The van der Waals surface area contributed by atoms with Gasteiger partial charge in [-0.15, -0.1) is 0 Å². The highest BCUT2D eigenvalue weighted by molar-refractivity contribution is 7.92. The van der Waals surface area contributed by atoms with Crippen molar-refractivity contribution in [1.29, 1.82) is 0 Å². The molecule has 0 atom stereocenters. The van der Waals surface area contributed by atoms with Crippen LogP contribution in [0.25, 0.3) is 0 Å². The monoisotopic (exact) mass is 416 g/mol. The molecule has 0 aromatic heterocycles. The molecular weight excluding hydrogens is 399 g/mol. The molecule has 140 valence electrons. The van der Waals surface area contributed by atoms with Crippen LogP contribution in [0, 0.1) is 0 Å². The fourth-order valence-electron chi connectivity index (χ4n) is 1.95. The maximum atomic E-state index is 12.4. The number of amides is 1. The van der Waals surface area contributed by atoms with Crippen LogP contribution in [-0.2, 0) is 14.8 Å². The summed E-state index contributed by atoms with van der Waals surface area (Å²) in [5.41, 5.74) is 0.298. The van der Waals surface area contributed by atoms with Crippen LogP contribution in [0.1, 0.15) is 13.3 Å². The maximum Gasteiger partial charge on any atom is 0.261 e. The second-order valence-electron chi connectivity index (χ2n) is 5.34. The number of hydrogen-bond donors (Lipinski definition) is 2. The van der Waals surface area contributed by atoms with Crippen LogP contribution in [-0.4, -0.2) is 27.5 Å². The van der Waals surface area contributed by atoms with Gasteiger partial charge in [0, 0.05) is 6.54 Å². The predicted octanol–water partition coefficient (Wildman–Crippen LogP) is 3.70. The van der Waals surface area contributed by atoms with Crippen molar-refractivity contribution in [2.75, 3.05) is 17.9 Å². The standard InChI is InChI=1S/C17H18Cl2N2O4S/c1-2-9-20-17(22)11-25-13-4-6-14(7-5-13)26(23,24)21-12-3-8-15(18)16(19)10-12/h3-8,10,21H,2,9,11H2,1H3,(H,20,22). The Balaban J connectivity index is 2.01. The molecule has 1 amide bonds. The number of anilines is 1. The Morgan fingerprint density at radius 3 is 2.38 bits per heavy atom. The Kier molecular flexibility index (Phi) is 7.14. The molecule has 0 aliphatic carbocycles. The largest absolute Gasteiger partial charge is 0.484 e. The third kappa shape index (κ3) is 5.79. The molecule has 0 heterocycles. The van der Waals surface area contributed by atoms with Crippen LogP contribution in [0.15, 0.2) is 47.4 Å². The Hall–Kier alpha value is -1.96. The molecule has 6 nitrogen and oxygen atoms in total. The Bertz CT molecular complexity index is 871. The summed E-state index contributed by atoms with van der Waals surface area (Å²) in [6.07, 6.45) is 0.837. The molecule has 2 rings (SSSR count). The van der Waals surface area contributed by atoms with Gasteiger partial charge in [0.2, 0.25) is 0 Å². The van der Waals surface area contributed by atoms with Gasteiger partial charge in [-0.2, -0.15) is 0 Å². The van der Waals surface area contributed by atoms with Gasteiger partial charge >= 0.3 is 0 Å². The first-order valence-electron chi connectivity index (χ1n) is 7.79. The lowest BCUT2D eigenvalue weighted by Crippen LogP contribution is -2.29. The Morgan fingerprint density at radius 2 is 1.77 bits per heavy atom. The van der Waals surface area contributed by atoms with Crippen molar-refractivity contribution in [3.8, 4) is 5.75 Å². The van der Waals surface area contributed by atoms with E-state index in [1.165, 1.54) is 42.5 Å². The van der Waals surface area contributed by atoms with E-state index in [1.54, 1.807) is 0 Å². The predicted molar refractivity (Wildman–Crippen MR) is 103 cm³/mol. The Labute approximate surface area is 162 Å². The molecule has 9 heteroatoms. The maximum absolute atomic E-state index is 12.4. The summed E-state index contributed by atoms with van der Waals surface area (Å²) in [5.74, 6) is 0.162. The van der Waals surface area contributed by atoms with E-state index >= 15 is 0 Å². The van der Waals surface area contributed by atoms with Gasteiger partial charge in [-0.25, -0.2) is 8.42 Å². The van der Waals surface area contributed by atoms with E-state index in [0.29, 0.717) is 23.0 Å². The van der Waals surface area contributed by atoms with E-state index in [9.17, 15) is 13.2 Å². The second kappa shape index (κ2) is 9.12. The van der Waals surface area contributed by atoms with E-state index in [4.69, 9.17) is 27.9 Å². The highest BCUT2D eigenvalue weighted by Crippen LogP contribution is 2.26. The zero-order valence-corrected chi connectivity index (χ0v) is 16.3. The molecule has 2 aromatic carbocycles. The summed E-state index contributed by atoms with van der Waals surface area (Å²) in [7, 11) is -3.79. The third-order valence-electron chi connectivity index (χ3n) is 3.25. The number of halogens is 2. The number of carbonyl (C=O) groups is 1. The van der Waals surface area contributed by atoms with Crippen molar-refractivity contribution in [2.45, 2.75) is 18.2 Å². The Morgan fingerprint density at radius 1 is 1.08 bits per heavy atom. The van der Waals surface area contributed by atoms with Gasteiger partial charge in [0.25, 0.3) is 15.9 Å². The van der Waals surface area contributed by atoms with Crippen LogP contribution in [0.5, 0.6) is 5.75 Å². The molecule has 0 spiro atoms. The molecule has 0 saturated heterocycles. The van der Waals surface area contributed by atoms with Gasteiger partial charge in [0.1, 0.15) is 5.75 Å². The lowest BCUT2D eigenvalue weighted by atomic mass is 10.3. The first kappa shape index (κ1) is 20.4. The van der Waals surface area contributed by atoms with Gasteiger partial charge in [-0.1, -0.05) is 30.1 Å². The average molecular weight is 417 g/mol. The third-order valence-corrected chi connectivity index (χ3v) is 5.38. The first-order valence-corrected chi connectivity index (χ1v) is 10.0. The van der Waals surface area contributed by atoms with Crippen molar-refractivity contribution in [1.82, 2.24) is 5.32 Å². The lowest BCUT2D eigenvalue weighted by Gasteiger charge is -2.10. The minimum absolute atomic E-state index is 0.0476. The number of benzene rings is 2. The molecule has 0 unspecified atom stereocenters. The van der Waals surface area contributed by atoms with Gasteiger partial charge in [0.05, 0.1) is 20.6 Å². The highest BCUT2D eigenvalue weighted by Gasteiger charge is 2.15. The molecule has 0 fully saturated rings. The number of carbonyl (C=O) groups excluding carboxylic acids is 1. The van der Waals surface area contributed by atoms with E-state index in [1.807, 2.05) is 6.92 Å². The molecule has 0 saturated carbocycles. The molecule has 0 bridgehead atoms. The fourth-order valence-corrected chi connectivity index (χ4v) is 3.30. The SMILES string of the molecule is CCCNC(=O)COc1ccc(S(=O)(=O)Nc2ccc(Cl)c(Cl)c2)cc1. The van der Waals surface area contributed by atoms with Crippen LogP contribution >= 0.6 is 23.2 Å². The summed E-state index contributed by atoms with van der Waals surface area (Å²) in [4.78, 5) is 11.5. The van der Waals surface area contributed by atoms with Gasteiger partial charge in [-0.05, 0) is 48.9 Å². The molecule has 0 radical (unpaired) electrons. The van der Waals surface area contributed by atoms with Gasteiger partial charge < -0.3 is 10.1 Å². The van der Waals surface area contributed by atoms with Crippen LogP contribution in [0.3, 0.4) is 0 Å². The van der Waals surface area contributed by atoms with Gasteiger partial charge in [0.15, 0.2) is 6.61 Å². The van der Waals surface area contributed by atoms with Gasteiger partial charge in [-0.3, -0.25) is 9.52 Å². The average Bonchev–Trinajstić information content (AvgIpc) is 2.61. The molecule has 2 N–H and O–H groups in total. The molecule has 26 heavy (non-hydrogen) atoms. The summed E-state index contributed by atoms with van der Waals surface area (Å²) in [6.45, 7) is 2.40. The zero-order chi connectivity index (χ0) is 19.2. The quantitative estimate of drug-likeness (QED) is 0.686. The van der Waals surface area contributed by atoms with Crippen LogP contribution in [0.2, 0.25) is 10.0 Å². The zero-order valence-electron chi connectivity index (χ0n) is 14.0. The van der Waals surface area contributed by atoms with Crippen LogP contribution < -0.4 is 14.8 Å². The smallest absolute Gasteiger partial charge is 0.261 e. The first-order chi connectivity index (χ1) is 12.3. The number of rotatable bonds is 8. The number of nitrogens with one attached hydrogen (secondary N) is 2. The topological polar surface area (TPSA) is 84.5 Å². The van der Waals surface area contributed by atoms with Crippen LogP contribution in [0.4, 0.5) is 5.69 Å². The van der Waals surface area contributed by atoms with Crippen molar-refractivity contribution in [2.24, 2.45) is 0 Å². The minimum atomic E-state index is -3.79. The van der Waals surface area contributed by atoms with Crippen molar-refractivity contribution in [3.63, 3.8) is 0 Å². The molecular formula is C17H18Cl2N2O4S. The normalized spacial score (nSPS) is 11.0. The van der Waals surface area contributed by atoms with E-state index in [0.717, 1.165) is 6.42 Å². The van der Waals surface area contributed by atoms with Crippen molar-refractivity contribution < 1.29 is 17.9 Å². The summed E-state index contributed by atoms with van der Waals surface area (Å²) >= 11 is 11.7. The summed E-state index contributed by atoms with van der Waals surface area (Å²) in [6, 6.07) is 10.2. The molecule has 2 aromatic rings. The number of ether oxygens (including phenoxy) is 1. The highest BCUT2D eigenvalue weighted by atomic mass is 35.5. The van der Waals surface area contributed by atoms with E-state index in [-0.39, 0.29) is 22.4 Å². The summed E-state index contributed by atoms with van der Waals surface area (Å²) in [5, 5.41) is 3.26. The van der Waals surface area contributed by atoms with E-state index < -0.39 is 10.0 Å². The summed E-state index contributed by atoms with van der Waals surface area (Å²) < 4.78 is 32.5. The van der Waals surface area contributed by atoms with Crippen molar-refractivity contribution in [3.05, 3.63) is 52.5 Å². The molecule has 0 aliphatic heterocycles. The molecule has 0 aliphatic rings. The second-order valence-corrected chi connectivity index (χ2v) is 7.84. The van der Waals surface area contributed by atoms with E-state index in [2.05, 4.69) is 10.0 Å². The fraction of sp³-hybridized carbons (Fsp3) is 0.235. The van der Waals surface area contributed by atoms with Crippen molar-refractivity contribution >= 4 is 44.8 Å². The lowest BCUT2D eigenvalue weighted by molar-refractivity contribution is -0.123. The minimum Gasteiger partial charge on any atom is -0.484 e. The number of hydrogen-bond acceptors (Lipinski definition) is 4. The number of sulfonamides is 1.